The second-order valence-electron chi connectivity index (χ2n) is 6.64. The number of aryl methyl sites for hydroxylation is 1. The summed E-state index contributed by atoms with van der Waals surface area (Å²) in [5, 5.41) is 5.99. The number of anilines is 1. The Kier molecular flexibility index (Phi) is 4.40. The monoisotopic (exact) mass is 294 g/mol. The van der Waals surface area contributed by atoms with Crippen LogP contribution in [0.5, 0.6) is 0 Å². The second-order valence-corrected chi connectivity index (χ2v) is 6.64. The third-order valence-electron chi connectivity index (χ3n) is 3.34. The Labute approximate surface area is 125 Å². The van der Waals surface area contributed by atoms with Crippen molar-refractivity contribution in [3.8, 4) is 0 Å². The van der Waals surface area contributed by atoms with Crippen LogP contribution >= 0.6 is 0 Å². The summed E-state index contributed by atoms with van der Waals surface area (Å²) in [5.41, 5.74) is 1.05. The number of rotatable bonds is 3. The number of carbonyl (C=O) groups excluding carboxylic acids is 1. The van der Waals surface area contributed by atoms with Crippen LogP contribution in [0.25, 0.3) is 0 Å². The number of alkyl carbamates (subject to hydrolysis) is 1. The van der Waals surface area contributed by atoms with Crippen molar-refractivity contribution >= 4 is 11.8 Å². The molecule has 0 radical (unpaired) electrons. The summed E-state index contributed by atoms with van der Waals surface area (Å²) < 4.78 is 18.8. The minimum Gasteiger partial charge on any atom is -0.444 e. The third-order valence-corrected chi connectivity index (χ3v) is 3.34. The summed E-state index contributed by atoms with van der Waals surface area (Å²) in [7, 11) is 0. The van der Waals surface area contributed by atoms with Crippen LogP contribution < -0.4 is 10.6 Å². The Morgan fingerprint density at radius 1 is 1.29 bits per heavy atom. The van der Waals surface area contributed by atoms with E-state index in [4.69, 9.17) is 4.74 Å². The average Bonchev–Trinajstić information content (AvgIpc) is 2.28. The number of benzene rings is 1. The summed E-state index contributed by atoms with van der Waals surface area (Å²) in [6.45, 7) is 7.42. The SMILES string of the molecule is Cc1ccc(F)c(NC2CC(NC(=O)OC(C)(C)C)C2)c1. The molecular weight excluding hydrogens is 271 g/mol. The van der Waals surface area contributed by atoms with Gasteiger partial charge in [-0.25, -0.2) is 9.18 Å². The number of nitrogens with one attached hydrogen (secondary N) is 2. The van der Waals surface area contributed by atoms with E-state index in [9.17, 15) is 9.18 Å². The molecule has 0 atom stereocenters. The van der Waals surface area contributed by atoms with Gasteiger partial charge >= 0.3 is 6.09 Å². The predicted octanol–water partition coefficient (Wildman–Crippen LogP) is 3.60. The Balaban J connectivity index is 1.77. The molecule has 0 aliphatic heterocycles. The number of ether oxygens (including phenoxy) is 1. The molecule has 1 fully saturated rings. The third kappa shape index (κ3) is 4.62. The van der Waals surface area contributed by atoms with Crippen LogP contribution in [0.2, 0.25) is 0 Å². The van der Waals surface area contributed by atoms with Crippen molar-refractivity contribution in [2.45, 2.75) is 58.2 Å². The quantitative estimate of drug-likeness (QED) is 0.895. The van der Waals surface area contributed by atoms with Crippen LogP contribution in [0.4, 0.5) is 14.9 Å². The first-order valence-corrected chi connectivity index (χ1v) is 7.25. The first kappa shape index (κ1) is 15.6. The van der Waals surface area contributed by atoms with Gasteiger partial charge in [-0.05, 0) is 58.2 Å². The Morgan fingerprint density at radius 2 is 1.95 bits per heavy atom. The predicted molar refractivity (Wildman–Crippen MR) is 80.9 cm³/mol. The first-order chi connectivity index (χ1) is 9.73. The topological polar surface area (TPSA) is 50.4 Å². The number of amides is 1. The van der Waals surface area contributed by atoms with Crippen LogP contribution in [0.15, 0.2) is 18.2 Å². The maximum Gasteiger partial charge on any atom is 0.407 e. The van der Waals surface area contributed by atoms with Crippen LogP contribution in [0.1, 0.15) is 39.2 Å². The van der Waals surface area contributed by atoms with Crippen LogP contribution in [0.3, 0.4) is 0 Å². The molecule has 116 valence electrons. The van der Waals surface area contributed by atoms with E-state index in [1.165, 1.54) is 6.07 Å². The molecule has 1 aromatic rings. The fraction of sp³-hybridized carbons (Fsp3) is 0.562. The highest BCUT2D eigenvalue weighted by molar-refractivity contribution is 5.68. The second kappa shape index (κ2) is 5.92. The molecule has 5 heteroatoms. The smallest absolute Gasteiger partial charge is 0.407 e. The van der Waals surface area contributed by atoms with E-state index < -0.39 is 11.7 Å². The van der Waals surface area contributed by atoms with Gasteiger partial charge in [-0.1, -0.05) is 6.07 Å². The van der Waals surface area contributed by atoms with Crippen molar-refractivity contribution in [3.63, 3.8) is 0 Å². The molecule has 0 unspecified atom stereocenters. The molecule has 0 aromatic heterocycles. The Morgan fingerprint density at radius 3 is 2.57 bits per heavy atom. The molecule has 0 bridgehead atoms. The van der Waals surface area contributed by atoms with Gasteiger partial charge in [-0.15, -0.1) is 0 Å². The van der Waals surface area contributed by atoms with E-state index in [-0.39, 0.29) is 17.9 Å². The van der Waals surface area contributed by atoms with Gasteiger partial charge in [0.15, 0.2) is 0 Å². The minimum absolute atomic E-state index is 0.0882. The number of halogens is 1. The zero-order valence-electron chi connectivity index (χ0n) is 13.0. The van der Waals surface area contributed by atoms with Gasteiger partial charge in [0.25, 0.3) is 0 Å². The largest absolute Gasteiger partial charge is 0.444 e. The Hall–Kier alpha value is -1.78. The molecule has 0 heterocycles. The van der Waals surface area contributed by atoms with Crippen LogP contribution in [-0.4, -0.2) is 23.8 Å². The maximum absolute atomic E-state index is 13.6. The molecule has 0 spiro atoms. The molecule has 1 aromatic carbocycles. The molecule has 0 saturated heterocycles. The van der Waals surface area contributed by atoms with Crippen molar-refractivity contribution in [1.82, 2.24) is 5.32 Å². The highest BCUT2D eigenvalue weighted by Crippen LogP contribution is 2.26. The van der Waals surface area contributed by atoms with Crippen LogP contribution in [-0.2, 0) is 4.74 Å². The maximum atomic E-state index is 13.6. The minimum atomic E-state index is -0.490. The fourth-order valence-corrected chi connectivity index (χ4v) is 2.30. The molecule has 1 aliphatic rings. The van der Waals surface area contributed by atoms with E-state index in [0.29, 0.717) is 5.69 Å². The summed E-state index contributed by atoms with van der Waals surface area (Å²) in [4.78, 5) is 11.6. The lowest BCUT2D eigenvalue weighted by Gasteiger charge is -2.37. The van der Waals surface area contributed by atoms with Gasteiger partial charge in [0.2, 0.25) is 0 Å². The van der Waals surface area contributed by atoms with Crippen LogP contribution in [0, 0.1) is 12.7 Å². The van der Waals surface area contributed by atoms with Gasteiger partial charge < -0.3 is 15.4 Å². The molecule has 2 rings (SSSR count). The van der Waals surface area contributed by atoms with Gasteiger partial charge in [0, 0.05) is 12.1 Å². The molecule has 1 aliphatic carbocycles. The fourth-order valence-electron chi connectivity index (χ4n) is 2.30. The van der Waals surface area contributed by atoms with E-state index in [1.807, 2.05) is 27.7 Å². The van der Waals surface area contributed by atoms with Crippen molar-refractivity contribution in [2.24, 2.45) is 0 Å². The van der Waals surface area contributed by atoms with Crippen molar-refractivity contribution in [1.29, 1.82) is 0 Å². The van der Waals surface area contributed by atoms with E-state index >= 15 is 0 Å². The zero-order valence-corrected chi connectivity index (χ0v) is 13.0. The normalized spacial score (nSPS) is 21.4. The first-order valence-electron chi connectivity index (χ1n) is 7.25. The molecule has 1 amide bonds. The molecule has 1 saturated carbocycles. The van der Waals surface area contributed by atoms with Crippen molar-refractivity contribution in [2.75, 3.05) is 5.32 Å². The number of hydrogen-bond donors (Lipinski definition) is 2. The average molecular weight is 294 g/mol. The molecular formula is C16H23FN2O2. The van der Waals surface area contributed by atoms with Crippen molar-refractivity contribution < 1.29 is 13.9 Å². The van der Waals surface area contributed by atoms with E-state index in [2.05, 4.69) is 10.6 Å². The van der Waals surface area contributed by atoms with Gasteiger partial charge in [0.05, 0.1) is 5.69 Å². The van der Waals surface area contributed by atoms with Gasteiger partial charge in [-0.2, -0.15) is 0 Å². The lowest BCUT2D eigenvalue weighted by atomic mass is 9.86. The summed E-state index contributed by atoms with van der Waals surface area (Å²) >= 11 is 0. The van der Waals surface area contributed by atoms with E-state index in [0.717, 1.165) is 18.4 Å². The highest BCUT2D eigenvalue weighted by atomic mass is 19.1. The summed E-state index contributed by atoms with van der Waals surface area (Å²) in [6, 6.07) is 5.27. The molecule has 4 nitrogen and oxygen atoms in total. The summed E-state index contributed by atoms with van der Waals surface area (Å²) in [5.74, 6) is -0.246. The van der Waals surface area contributed by atoms with E-state index in [1.54, 1.807) is 12.1 Å². The lowest BCUT2D eigenvalue weighted by Crippen LogP contribution is -2.50. The van der Waals surface area contributed by atoms with Crippen molar-refractivity contribution in [3.05, 3.63) is 29.6 Å². The summed E-state index contributed by atoms with van der Waals surface area (Å²) in [6.07, 6.45) is 1.15. The van der Waals surface area contributed by atoms with Gasteiger partial charge in [-0.3, -0.25) is 0 Å². The van der Waals surface area contributed by atoms with Gasteiger partial charge in [0.1, 0.15) is 11.4 Å². The molecule has 21 heavy (non-hydrogen) atoms. The standard InChI is InChI=1S/C16H23FN2O2/c1-10-5-6-13(17)14(7-10)18-11-8-12(9-11)19-15(20)21-16(2,3)4/h5-7,11-12,18H,8-9H2,1-4H3,(H,19,20). The number of hydrogen-bond acceptors (Lipinski definition) is 3. The molecule has 2 N–H and O–H groups in total. The zero-order chi connectivity index (χ0) is 15.6. The lowest BCUT2D eigenvalue weighted by molar-refractivity contribution is 0.0475. The Bertz CT molecular complexity index is 519. The highest BCUT2D eigenvalue weighted by Gasteiger charge is 2.31. The number of carbonyl (C=O) groups is 1.